The molecule has 1 aromatic rings. The van der Waals surface area contributed by atoms with Gasteiger partial charge >= 0.3 is 5.97 Å². The summed E-state index contributed by atoms with van der Waals surface area (Å²) in [5.41, 5.74) is 0.168. The number of methoxy groups -OCH3 is 1. The predicted molar refractivity (Wildman–Crippen MR) is 62.5 cm³/mol. The number of hydrogen-bond donors (Lipinski definition) is 2. The lowest BCUT2D eigenvalue weighted by atomic mass is 10.1. The molecule has 0 saturated carbocycles. The van der Waals surface area contributed by atoms with Crippen molar-refractivity contribution in [3.05, 3.63) is 29.8 Å². The molecule has 1 aromatic carbocycles. The maximum Gasteiger partial charge on any atom is 0.326 e. The molecule has 1 rings (SSSR count). The van der Waals surface area contributed by atoms with Gasteiger partial charge in [-0.15, -0.1) is 0 Å². The molecular weight excluding hydrogens is 260 g/mol. The molecule has 7 heteroatoms. The third kappa shape index (κ3) is 4.53. The van der Waals surface area contributed by atoms with E-state index in [1.807, 2.05) is 5.32 Å². The SMILES string of the molecule is COc1ccc(C(=O)NC(CC(F)F)C(=O)O)cc1. The topological polar surface area (TPSA) is 75.6 Å². The van der Waals surface area contributed by atoms with Gasteiger partial charge in [0.05, 0.1) is 7.11 Å². The Kier molecular flexibility index (Phi) is 5.23. The number of carboxylic acids is 1. The molecule has 104 valence electrons. The van der Waals surface area contributed by atoms with Crippen molar-refractivity contribution >= 4 is 11.9 Å². The summed E-state index contributed by atoms with van der Waals surface area (Å²) in [5, 5.41) is 10.8. The Bertz CT molecular complexity index is 448. The van der Waals surface area contributed by atoms with Gasteiger partial charge in [0.1, 0.15) is 11.8 Å². The number of carbonyl (C=O) groups excluding carboxylic acids is 1. The van der Waals surface area contributed by atoms with Gasteiger partial charge in [-0.1, -0.05) is 0 Å². The van der Waals surface area contributed by atoms with Crippen molar-refractivity contribution in [1.29, 1.82) is 0 Å². The highest BCUT2D eigenvalue weighted by Crippen LogP contribution is 2.12. The lowest BCUT2D eigenvalue weighted by molar-refractivity contribution is -0.140. The van der Waals surface area contributed by atoms with Crippen LogP contribution in [0.4, 0.5) is 8.78 Å². The van der Waals surface area contributed by atoms with Crippen LogP contribution < -0.4 is 10.1 Å². The van der Waals surface area contributed by atoms with Crippen molar-refractivity contribution in [2.24, 2.45) is 0 Å². The van der Waals surface area contributed by atoms with Crippen molar-refractivity contribution in [2.75, 3.05) is 7.11 Å². The summed E-state index contributed by atoms with van der Waals surface area (Å²) in [6, 6.07) is 4.23. The average Bonchev–Trinajstić information content (AvgIpc) is 2.37. The molecule has 0 radical (unpaired) electrons. The van der Waals surface area contributed by atoms with Gasteiger partial charge in [-0.05, 0) is 24.3 Å². The molecule has 0 heterocycles. The van der Waals surface area contributed by atoms with E-state index in [1.165, 1.54) is 31.4 Å². The van der Waals surface area contributed by atoms with Crippen LogP contribution in [0.15, 0.2) is 24.3 Å². The highest BCUT2D eigenvalue weighted by atomic mass is 19.3. The van der Waals surface area contributed by atoms with Crippen molar-refractivity contribution in [3.8, 4) is 5.75 Å². The molecule has 1 unspecified atom stereocenters. The Morgan fingerprint density at radius 2 is 1.89 bits per heavy atom. The van der Waals surface area contributed by atoms with Gasteiger partial charge in [-0.3, -0.25) is 4.79 Å². The fourth-order valence-electron chi connectivity index (χ4n) is 1.38. The number of carboxylic acid groups (broad SMARTS) is 1. The first-order chi connectivity index (χ1) is 8.93. The maximum absolute atomic E-state index is 12.2. The largest absolute Gasteiger partial charge is 0.497 e. The number of hydrogen-bond acceptors (Lipinski definition) is 3. The number of halogens is 2. The van der Waals surface area contributed by atoms with Crippen LogP contribution in [0.2, 0.25) is 0 Å². The number of aliphatic carboxylic acids is 1. The third-order valence-corrected chi connectivity index (χ3v) is 2.37. The van der Waals surface area contributed by atoms with E-state index in [1.54, 1.807) is 0 Å². The van der Waals surface area contributed by atoms with Crippen molar-refractivity contribution in [2.45, 2.75) is 18.9 Å². The smallest absolute Gasteiger partial charge is 0.326 e. The minimum absolute atomic E-state index is 0.168. The zero-order valence-corrected chi connectivity index (χ0v) is 10.1. The lowest BCUT2D eigenvalue weighted by Crippen LogP contribution is -2.42. The Morgan fingerprint density at radius 1 is 1.32 bits per heavy atom. The Hall–Kier alpha value is -2.18. The Labute approximate surface area is 108 Å². The molecular formula is C12H13F2NO4. The number of alkyl halides is 2. The van der Waals surface area contributed by atoms with Crippen LogP contribution in [-0.2, 0) is 4.79 Å². The van der Waals surface area contributed by atoms with Crippen LogP contribution in [-0.4, -0.2) is 36.6 Å². The van der Waals surface area contributed by atoms with E-state index in [-0.39, 0.29) is 5.56 Å². The van der Waals surface area contributed by atoms with Crippen LogP contribution in [0.5, 0.6) is 5.75 Å². The molecule has 0 fully saturated rings. The zero-order chi connectivity index (χ0) is 14.4. The first-order valence-electron chi connectivity index (χ1n) is 5.40. The summed E-state index contributed by atoms with van der Waals surface area (Å²) in [7, 11) is 1.46. The second-order valence-electron chi connectivity index (χ2n) is 3.72. The summed E-state index contributed by atoms with van der Waals surface area (Å²) in [5.74, 6) is -1.70. The first-order valence-corrected chi connectivity index (χ1v) is 5.40. The molecule has 1 atom stereocenters. The number of benzene rings is 1. The third-order valence-electron chi connectivity index (χ3n) is 2.37. The second-order valence-corrected chi connectivity index (χ2v) is 3.72. The lowest BCUT2D eigenvalue weighted by Gasteiger charge is -2.14. The fourth-order valence-corrected chi connectivity index (χ4v) is 1.38. The van der Waals surface area contributed by atoms with E-state index in [4.69, 9.17) is 9.84 Å². The summed E-state index contributed by atoms with van der Waals surface area (Å²) in [4.78, 5) is 22.4. The average molecular weight is 273 g/mol. The van der Waals surface area contributed by atoms with Crippen molar-refractivity contribution in [1.82, 2.24) is 5.32 Å². The fraction of sp³-hybridized carbons (Fsp3) is 0.333. The maximum atomic E-state index is 12.2. The van der Waals surface area contributed by atoms with Gasteiger partial charge in [0.25, 0.3) is 5.91 Å². The molecule has 2 N–H and O–H groups in total. The van der Waals surface area contributed by atoms with Gasteiger partial charge in [0, 0.05) is 12.0 Å². The first kappa shape index (κ1) is 14.9. The monoisotopic (exact) mass is 273 g/mol. The zero-order valence-electron chi connectivity index (χ0n) is 10.1. The van der Waals surface area contributed by atoms with Gasteiger partial charge < -0.3 is 15.2 Å². The molecule has 0 bridgehead atoms. The summed E-state index contributed by atoms with van der Waals surface area (Å²) in [6.07, 6.45) is -3.74. The normalized spacial score (nSPS) is 12.0. The number of ether oxygens (including phenoxy) is 1. The molecule has 0 aliphatic rings. The Balaban J connectivity index is 2.72. The standard InChI is InChI=1S/C12H13F2NO4/c1-19-8-4-2-7(3-5-8)11(16)15-9(12(17)18)6-10(13)14/h2-5,9-10H,6H2,1H3,(H,15,16)(H,17,18). The number of nitrogens with one attached hydrogen (secondary N) is 1. The number of amides is 1. The van der Waals surface area contributed by atoms with Crippen LogP contribution in [0, 0.1) is 0 Å². The molecule has 1 amide bonds. The Morgan fingerprint density at radius 3 is 2.32 bits per heavy atom. The summed E-state index contributed by atoms with van der Waals surface area (Å²) < 4.78 is 29.2. The van der Waals surface area contributed by atoms with Crippen LogP contribution in [0.3, 0.4) is 0 Å². The van der Waals surface area contributed by atoms with E-state index < -0.39 is 30.8 Å². The van der Waals surface area contributed by atoms with E-state index in [9.17, 15) is 18.4 Å². The van der Waals surface area contributed by atoms with Gasteiger partial charge in [-0.25, -0.2) is 13.6 Å². The minimum atomic E-state index is -2.81. The summed E-state index contributed by atoms with van der Waals surface area (Å²) in [6.45, 7) is 0. The minimum Gasteiger partial charge on any atom is -0.497 e. The number of rotatable bonds is 6. The molecule has 19 heavy (non-hydrogen) atoms. The molecule has 0 saturated heterocycles. The highest BCUT2D eigenvalue weighted by molar-refractivity contribution is 5.96. The van der Waals surface area contributed by atoms with E-state index in [0.717, 1.165) is 0 Å². The second kappa shape index (κ2) is 6.67. The van der Waals surface area contributed by atoms with E-state index in [2.05, 4.69) is 0 Å². The van der Waals surface area contributed by atoms with Crippen molar-refractivity contribution in [3.63, 3.8) is 0 Å². The van der Waals surface area contributed by atoms with Crippen LogP contribution in [0.25, 0.3) is 0 Å². The van der Waals surface area contributed by atoms with Gasteiger partial charge in [-0.2, -0.15) is 0 Å². The molecule has 0 aromatic heterocycles. The number of carbonyl (C=O) groups is 2. The van der Waals surface area contributed by atoms with Gasteiger partial charge in [0.15, 0.2) is 0 Å². The van der Waals surface area contributed by atoms with Gasteiger partial charge in [0.2, 0.25) is 6.43 Å². The molecule has 0 aliphatic carbocycles. The highest BCUT2D eigenvalue weighted by Gasteiger charge is 2.24. The van der Waals surface area contributed by atoms with Crippen LogP contribution in [0.1, 0.15) is 16.8 Å². The predicted octanol–water partition coefficient (Wildman–Crippen LogP) is 1.53. The van der Waals surface area contributed by atoms with E-state index >= 15 is 0 Å². The van der Waals surface area contributed by atoms with Crippen LogP contribution >= 0.6 is 0 Å². The molecule has 0 aliphatic heterocycles. The van der Waals surface area contributed by atoms with Crippen molar-refractivity contribution < 1.29 is 28.2 Å². The summed E-state index contributed by atoms with van der Waals surface area (Å²) >= 11 is 0. The quantitative estimate of drug-likeness (QED) is 0.824. The van der Waals surface area contributed by atoms with E-state index in [0.29, 0.717) is 5.75 Å². The molecule has 0 spiro atoms. The molecule has 5 nitrogen and oxygen atoms in total.